The zero-order valence-corrected chi connectivity index (χ0v) is 23.5. The molecule has 1 aromatic heterocycles. The Morgan fingerprint density at radius 1 is 1.20 bits per heavy atom. The fourth-order valence-corrected chi connectivity index (χ4v) is 4.38. The largest absolute Gasteiger partial charge is 0.490 e. The number of benzene rings is 2. The molecule has 2 aromatic carbocycles. The number of aryl methyl sites for hydroxylation is 1. The summed E-state index contributed by atoms with van der Waals surface area (Å²) in [5, 5.41) is 14.0. The van der Waals surface area contributed by atoms with Gasteiger partial charge in [0.2, 0.25) is 11.4 Å². The van der Waals surface area contributed by atoms with Crippen LogP contribution in [-0.4, -0.2) is 65.3 Å². The second kappa shape index (κ2) is 13.4. The Morgan fingerprint density at radius 2 is 2.05 bits per heavy atom. The number of fused-ring (bicyclic) bond motifs is 1. The summed E-state index contributed by atoms with van der Waals surface area (Å²) in [6.07, 6.45) is 19.5. The van der Waals surface area contributed by atoms with E-state index in [0.717, 1.165) is 64.7 Å². The quantitative estimate of drug-likeness (QED) is 0.237. The minimum absolute atomic E-state index is 0.411. The summed E-state index contributed by atoms with van der Waals surface area (Å²) in [6, 6.07) is 10.1. The molecule has 2 aliphatic heterocycles. The standard InChI is InChI=1S/C29H34N7O2.C2H2/c1-20(2)18-33-36-13-9-23(10-14-36)38-26-8-5-22(17-21(26)3)34-29-27-24(31-19-32-29)6-7-25(28(27)37-4)35-15-11-30-12-16-35;1-2/h5-10,13,15,17-20,30H,11-12,14,16H2,1-4H3,(H,31,32,34);1-2H/q+1;/b33-18-;. The molecule has 0 spiro atoms. The minimum Gasteiger partial charge on any atom is -0.490 e. The van der Waals surface area contributed by atoms with E-state index in [0.29, 0.717) is 18.3 Å². The van der Waals surface area contributed by atoms with E-state index in [9.17, 15) is 0 Å². The summed E-state index contributed by atoms with van der Waals surface area (Å²) in [5.74, 6) is 3.45. The third-order valence-corrected chi connectivity index (χ3v) is 6.30. The predicted molar refractivity (Wildman–Crippen MR) is 162 cm³/mol. The van der Waals surface area contributed by atoms with Gasteiger partial charge >= 0.3 is 0 Å². The molecule has 0 aliphatic carbocycles. The zero-order valence-electron chi connectivity index (χ0n) is 23.5. The van der Waals surface area contributed by atoms with Gasteiger partial charge in [-0.05, 0) is 54.8 Å². The number of terminal acetylenes is 1. The minimum atomic E-state index is 0.411. The van der Waals surface area contributed by atoms with Gasteiger partial charge in [0.1, 0.15) is 23.7 Å². The lowest BCUT2D eigenvalue weighted by atomic mass is 10.1. The van der Waals surface area contributed by atoms with Crippen molar-refractivity contribution in [3.8, 4) is 24.3 Å². The molecule has 40 heavy (non-hydrogen) atoms. The molecule has 2 aliphatic rings. The number of nitrogens with zero attached hydrogens (tertiary/aromatic N) is 5. The van der Waals surface area contributed by atoms with Gasteiger partial charge in [-0.25, -0.2) is 9.97 Å². The van der Waals surface area contributed by atoms with Crippen molar-refractivity contribution >= 4 is 40.5 Å². The van der Waals surface area contributed by atoms with Crippen LogP contribution in [-0.2, 0) is 0 Å². The van der Waals surface area contributed by atoms with E-state index in [4.69, 9.17) is 9.47 Å². The van der Waals surface area contributed by atoms with Crippen LogP contribution >= 0.6 is 0 Å². The van der Waals surface area contributed by atoms with Crippen molar-refractivity contribution in [2.75, 3.05) is 38.6 Å². The molecule has 206 valence electrons. The number of ether oxygens (including phenoxy) is 2. The molecule has 9 nitrogen and oxygen atoms in total. The summed E-state index contributed by atoms with van der Waals surface area (Å²) in [7, 11) is 1.69. The number of rotatable bonds is 8. The average Bonchev–Trinajstić information content (AvgIpc) is 2.99. The van der Waals surface area contributed by atoms with Gasteiger partial charge in [0.05, 0.1) is 37.6 Å². The van der Waals surface area contributed by atoms with Gasteiger partial charge in [-0.1, -0.05) is 13.8 Å². The lowest BCUT2D eigenvalue weighted by Gasteiger charge is -2.19. The van der Waals surface area contributed by atoms with E-state index >= 15 is 0 Å². The predicted octanol–water partition coefficient (Wildman–Crippen LogP) is 4.99. The summed E-state index contributed by atoms with van der Waals surface area (Å²) in [5.41, 5.74) is 3.73. The molecule has 0 bridgehead atoms. The Labute approximate surface area is 235 Å². The van der Waals surface area contributed by atoms with Crippen molar-refractivity contribution < 1.29 is 14.0 Å². The number of methoxy groups -OCH3 is 1. The van der Waals surface area contributed by atoms with Gasteiger partial charge in [-0.3, -0.25) is 5.01 Å². The molecular formula is C31H36N7O2+. The molecule has 0 atom stereocenters. The molecule has 3 heterocycles. The van der Waals surface area contributed by atoms with E-state index in [2.05, 4.69) is 75.3 Å². The molecule has 0 saturated carbocycles. The maximum Gasteiger partial charge on any atom is 0.248 e. The van der Waals surface area contributed by atoms with Crippen molar-refractivity contribution in [1.82, 2.24) is 20.3 Å². The van der Waals surface area contributed by atoms with Crippen LogP contribution in [0.1, 0.15) is 19.4 Å². The van der Waals surface area contributed by atoms with Gasteiger partial charge in [0.25, 0.3) is 0 Å². The fraction of sp³-hybridized carbons (Fsp3) is 0.290. The Balaban J connectivity index is 0.00000181. The van der Waals surface area contributed by atoms with Crippen LogP contribution in [0.3, 0.4) is 0 Å². The van der Waals surface area contributed by atoms with Gasteiger partial charge in [-0.2, -0.15) is 9.68 Å². The van der Waals surface area contributed by atoms with Crippen LogP contribution in [0.15, 0.2) is 65.9 Å². The molecule has 3 aromatic rings. The number of allylic oxidation sites excluding steroid dienone is 1. The zero-order chi connectivity index (χ0) is 28.5. The number of aromatic nitrogens is 2. The number of nitrogens with one attached hydrogen (secondary N) is 2. The first-order valence-corrected chi connectivity index (χ1v) is 13.2. The smallest absolute Gasteiger partial charge is 0.248 e. The first kappa shape index (κ1) is 28.3. The van der Waals surface area contributed by atoms with Crippen LogP contribution in [0, 0.1) is 25.7 Å². The van der Waals surface area contributed by atoms with Crippen LogP contribution < -0.4 is 20.1 Å². The second-order valence-electron chi connectivity index (χ2n) is 9.57. The van der Waals surface area contributed by atoms with E-state index in [-0.39, 0.29) is 0 Å². The molecule has 5 rings (SSSR count). The molecule has 0 saturated heterocycles. The van der Waals surface area contributed by atoms with Crippen molar-refractivity contribution in [3.05, 3.63) is 66.3 Å². The van der Waals surface area contributed by atoms with Crippen molar-refractivity contribution in [1.29, 1.82) is 0 Å². The van der Waals surface area contributed by atoms with E-state index in [1.807, 2.05) is 54.7 Å². The third-order valence-electron chi connectivity index (χ3n) is 6.30. The number of anilines is 2. The Bertz CT molecular complexity index is 1490. The lowest BCUT2D eigenvalue weighted by Crippen LogP contribution is -2.33. The molecule has 2 N–H and O–H groups in total. The van der Waals surface area contributed by atoms with Crippen LogP contribution in [0.2, 0.25) is 0 Å². The second-order valence-corrected chi connectivity index (χ2v) is 9.57. The highest BCUT2D eigenvalue weighted by Crippen LogP contribution is 2.39. The third kappa shape index (κ3) is 6.65. The molecular weight excluding hydrogens is 502 g/mol. The summed E-state index contributed by atoms with van der Waals surface area (Å²) >= 11 is 0. The maximum absolute atomic E-state index is 6.16. The summed E-state index contributed by atoms with van der Waals surface area (Å²) < 4.78 is 14.3. The normalized spacial score (nSPS) is 14.9. The first-order chi connectivity index (χ1) is 19.5. The fourth-order valence-electron chi connectivity index (χ4n) is 4.38. The molecule has 0 radical (unpaired) electrons. The van der Waals surface area contributed by atoms with Gasteiger partial charge in [0.15, 0.2) is 12.8 Å². The Hall–Kier alpha value is -4.68. The monoisotopic (exact) mass is 538 g/mol. The molecule has 0 amide bonds. The highest BCUT2D eigenvalue weighted by molar-refractivity contribution is 5.98. The summed E-state index contributed by atoms with van der Waals surface area (Å²) in [6.45, 7) is 9.52. The maximum atomic E-state index is 6.16. The SMILES string of the molecule is C#C.COc1c([N+]2=CCNCC2)ccc2ncnc(Nc3ccc(OC4=CCN(/N=C\C(C)C)C=C4)c(C)c3)c12. The van der Waals surface area contributed by atoms with Crippen molar-refractivity contribution in [3.63, 3.8) is 0 Å². The van der Waals surface area contributed by atoms with Crippen LogP contribution in [0.4, 0.5) is 17.2 Å². The van der Waals surface area contributed by atoms with Gasteiger partial charge in [0, 0.05) is 24.2 Å². The van der Waals surface area contributed by atoms with Crippen molar-refractivity contribution in [2.45, 2.75) is 20.8 Å². The lowest BCUT2D eigenvalue weighted by molar-refractivity contribution is -0.438. The van der Waals surface area contributed by atoms with Gasteiger partial charge in [-0.15, -0.1) is 12.8 Å². The van der Waals surface area contributed by atoms with Gasteiger partial charge < -0.3 is 20.1 Å². The van der Waals surface area contributed by atoms with Crippen LogP contribution in [0.25, 0.3) is 10.9 Å². The topological polar surface area (TPSA) is 86.9 Å². The number of hydrogen-bond acceptors (Lipinski definition) is 8. The first-order valence-electron chi connectivity index (χ1n) is 13.2. The van der Waals surface area contributed by atoms with E-state index in [1.165, 1.54) is 0 Å². The number of hydrazone groups is 1. The highest BCUT2D eigenvalue weighted by Gasteiger charge is 2.23. The van der Waals surface area contributed by atoms with Crippen LogP contribution in [0.5, 0.6) is 11.5 Å². The van der Waals surface area contributed by atoms with Crippen molar-refractivity contribution in [2.24, 2.45) is 11.0 Å². The van der Waals surface area contributed by atoms with E-state index < -0.39 is 0 Å². The molecule has 0 fully saturated rings. The molecule has 0 unspecified atom stereocenters. The summed E-state index contributed by atoms with van der Waals surface area (Å²) in [4.78, 5) is 9.05. The van der Waals surface area contributed by atoms with E-state index in [1.54, 1.807) is 13.4 Å². The Morgan fingerprint density at radius 3 is 2.73 bits per heavy atom. The Kier molecular flexibility index (Phi) is 9.49. The highest BCUT2D eigenvalue weighted by atomic mass is 16.5. The number of hydrogen-bond donors (Lipinski definition) is 2. The average molecular weight is 539 g/mol. The molecule has 9 heteroatoms.